The monoisotopic (exact) mass is 187 g/mol. The van der Waals surface area contributed by atoms with Crippen molar-refractivity contribution >= 4 is 6.09 Å². The Hall–Kier alpha value is -0.730. The third kappa shape index (κ3) is 6.43. The molecule has 3 nitrogen and oxygen atoms in total. The molecule has 0 radical (unpaired) electrons. The van der Waals surface area contributed by atoms with Crippen molar-refractivity contribution < 1.29 is 9.53 Å². The quantitative estimate of drug-likeness (QED) is 0.721. The van der Waals surface area contributed by atoms with Crippen LogP contribution in [0.5, 0.6) is 0 Å². The van der Waals surface area contributed by atoms with Gasteiger partial charge in [-0.1, -0.05) is 13.8 Å². The first-order valence-electron chi connectivity index (χ1n) is 4.72. The molecule has 0 rings (SSSR count). The third-order valence-electron chi connectivity index (χ3n) is 1.74. The molecule has 0 aromatic carbocycles. The topological polar surface area (TPSA) is 38.3 Å². The molecule has 1 amide bonds. The number of rotatable bonds is 2. The van der Waals surface area contributed by atoms with E-state index >= 15 is 0 Å². The van der Waals surface area contributed by atoms with Crippen LogP contribution in [0.15, 0.2) is 0 Å². The van der Waals surface area contributed by atoms with E-state index in [0.29, 0.717) is 5.92 Å². The standard InChI is InChI=1S/C10H21NO2/c1-7(2)8(3)11-9(12)13-10(4,5)6/h7-8H,1-6H3,(H,11,12). The van der Waals surface area contributed by atoms with Crippen LogP contribution >= 0.6 is 0 Å². The van der Waals surface area contributed by atoms with Gasteiger partial charge in [0.25, 0.3) is 0 Å². The van der Waals surface area contributed by atoms with E-state index in [1.807, 2.05) is 27.7 Å². The summed E-state index contributed by atoms with van der Waals surface area (Å²) in [5.74, 6) is 0.424. The molecule has 0 saturated heterocycles. The van der Waals surface area contributed by atoms with E-state index in [9.17, 15) is 4.79 Å². The number of amides is 1. The van der Waals surface area contributed by atoms with Gasteiger partial charge in [0.1, 0.15) is 5.60 Å². The predicted octanol–water partition coefficient (Wildman–Crippen LogP) is 2.56. The van der Waals surface area contributed by atoms with Crippen LogP contribution in [0.3, 0.4) is 0 Å². The van der Waals surface area contributed by atoms with E-state index in [1.54, 1.807) is 0 Å². The van der Waals surface area contributed by atoms with E-state index in [4.69, 9.17) is 4.74 Å². The fraction of sp³-hybridized carbons (Fsp3) is 0.900. The Labute approximate surface area is 80.8 Å². The lowest BCUT2D eigenvalue weighted by molar-refractivity contribution is 0.0496. The first kappa shape index (κ1) is 12.3. The average Bonchev–Trinajstić information content (AvgIpc) is 1.81. The molecule has 0 bridgehead atoms. The molecule has 0 heterocycles. The van der Waals surface area contributed by atoms with Gasteiger partial charge in [-0.2, -0.15) is 0 Å². The summed E-state index contributed by atoms with van der Waals surface area (Å²) in [7, 11) is 0. The van der Waals surface area contributed by atoms with Gasteiger partial charge in [0.05, 0.1) is 0 Å². The van der Waals surface area contributed by atoms with E-state index in [-0.39, 0.29) is 12.1 Å². The summed E-state index contributed by atoms with van der Waals surface area (Å²) < 4.78 is 5.11. The zero-order chi connectivity index (χ0) is 10.6. The van der Waals surface area contributed by atoms with E-state index in [0.717, 1.165) is 0 Å². The highest BCUT2D eigenvalue weighted by molar-refractivity contribution is 5.68. The second kappa shape index (κ2) is 4.49. The molecule has 0 aromatic rings. The number of carbonyl (C=O) groups excluding carboxylic acids is 1. The summed E-state index contributed by atoms with van der Waals surface area (Å²) in [6, 6.07) is 0.148. The summed E-state index contributed by atoms with van der Waals surface area (Å²) >= 11 is 0. The second-order valence-electron chi connectivity index (χ2n) is 4.68. The van der Waals surface area contributed by atoms with Gasteiger partial charge in [0, 0.05) is 6.04 Å². The molecule has 1 N–H and O–H groups in total. The average molecular weight is 187 g/mol. The molecule has 0 aliphatic carbocycles. The van der Waals surface area contributed by atoms with Crippen LogP contribution in [0, 0.1) is 5.92 Å². The minimum Gasteiger partial charge on any atom is -0.444 e. The molecule has 78 valence electrons. The van der Waals surface area contributed by atoms with Crippen molar-refractivity contribution in [2.75, 3.05) is 0 Å². The number of alkyl carbamates (subject to hydrolysis) is 1. The maximum atomic E-state index is 11.2. The molecule has 13 heavy (non-hydrogen) atoms. The summed E-state index contributed by atoms with van der Waals surface area (Å²) in [6.07, 6.45) is -0.339. The van der Waals surface area contributed by atoms with Gasteiger partial charge in [-0.15, -0.1) is 0 Å². The first-order chi connectivity index (χ1) is 5.72. The van der Waals surface area contributed by atoms with Gasteiger partial charge in [-0.3, -0.25) is 0 Å². The van der Waals surface area contributed by atoms with Crippen molar-refractivity contribution in [2.24, 2.45) is 5.92 Å². The van der Waals surface area contributed by atoms with Gasteiger partial charge in [0.15, 0.2) is 0 Å². The fourth-order valence-electron chi connectivity index (χ4n) is 0.660. The molecular weight excluding hydrogens is 166 g/mol. The van der Waals surface area contributed by atoms with Crippen LogP contribution < -0.4 is 5.32 Å². The molecule has 0 aromatic heterocycles. The normalized spacial score (nSPS) is 14.1. The number of carbonyl (C=O) groups is 1. The Morgan fingerprint density at radius 3 is 2.00 bits per heavy atom. The summed E-state index contributed by atoms with van der Waals surface area (Å²) in [5, 5.41) is 2.77. The van der Waals surface area contributed by atoms with Crippen LogP contribution in [-0.4, -0.2) is 17.7 Å². The maximum Gasteiger partial charge on any atom is 0.407 e. The summed E-state index contributed by atoms with van der Waals surface area (Å²) in [6.45, 7) is 11.6. The maximum absolute atomic E-state index is 11.2. The van der Waals surface area contributed by atoms with Crippen LogP contribution in [0.4, 0.5) is 4.79 Å². The van der Waals surface area contributed by atoms with Crippen molar-refractivity contribution in [1.29, 1.82) is 0 Å². The Kier molecular flexibility index (Phi) is 4.24. The highest BCUT2D eigenvalue weighted by atomic mass is 16.6. The zero-order valence-corrected chi connectivity index (χ0v) is 9.47. The second-order valence-corrected chi connectivity index (χ2v) is 4.68. The van der Waals surface area contributed by atoms with Crippen LogP contribution in [0.1, 0.15) is 41.5 Å². The van der Waals surface area contributed by atoms with Gasteiger partial charge < -0.3 is 10.1 Å². The highest BCUT2D eigenvalue weighted by Gasteiger charge is 2.18. The molecule has 1 unspecified atom stereocenters. The predicted molar refractivity (Wildman–Crippen MR) is 53.7 cm³/mol. The number of nitrogens with one attached hydrogen (secondary N) is 1. The molecule has 0 spiro atoms. The fourth-order valence-corrected chi connectivity index (χ4v) is 0.660. The number of hydrogen-bond acceptors (Lipinski definition) is 2. The Bertz CT molecular complexity index is 170. The highest BCUT2D eigenvalue weighted by Crippen LogP contribution is 2.08. The molecule has 0 fully saturated rings. The Morgan fingerprint density at radius 1 is 1.23 bits per heavy atom. The van der Waals surface area contributed by atoms with Crippen molar-refractivity contribution in [3.63, 3.8) is 0 Å². The van der Waals surface area contributed by atoms with Gasteiger partial charge >= 0.3 is 6.09 Å². The number of ether oxygens (including phenoxy) is 1. The minimum absolute atomic E-state index is 0.148. The molecule has 0 aliphatic heterocycles. The molecule has 3 heteroatoms. The lowest BCUT2D eigenvalue weighted by Crippen LogP contribution is -2.39. The third-order valence-corrected chi connectivity index (χ3v) is 1.74. The largest absolute Gasteiger partial charge is 0.444 e. The lowest BCUT2D eigenvalue weighted by atomic mass is 10.1. The van der Waals surface area contributed by atoms with Crippen LogP contribution in [0.2, 0.25) is 0 Å². The van der Waals surface area contributed by atoms with E-state index in [1.165, 1.54) is 0 Å². The Morgan fingerprint density at radius 2 is 1.69 bits per heavy atom. The van der Waals surface area contributed by atoms with Crippen molar-refractivity contribution in [3.8, 4) is 0 Å². The van der Waals surface area contributed by atoms with Gasteiger partial charge in [-0.25, -0.2) is 4.79 Å². The molecular formula is C10H21NO2. The van der Waals surface area contributed by atoms with E-state index < -0.39 is 5.60 Å². The molecule has 0 aliphatic rings. The minimum atomic E-state index is -0.416. The molecule has 0 saturated carbocycles. The molecule has 1 atom stereocenters. The summed E-state index contributed by atoms with van der Waals surface area (Å²) in [4.78, 5) is 11.2. The van der Waals surface area contributed by atoms with E-state index in [2.05, 4.69) is 19.2 Å². The van der Waals surface area contributed by atoms with Gasteiger partial charge in [-0.05, 0) is 33.6 Å². The van der Waals surface area contributed by atoms with Gasteiger partial charge in [0.2, 0.25) is 0 Å². The van der Waals surface area contributed by atoms with Crippen molar-refractivity contribution in [3.05, 3.63) is 0 Å². The lowest BCUT2D eigenvalue weighted by Gasteiger charge is -2.23. The summed E-state index contributed by atoms with van der Waals surface area (Å²) in [5.41, 5.74) is -0.416. The smallest absolute Gasteiger partial charge is 0.407 e. The zero-order valence-electron chi connectivity index (χ0n) is 9.47. The first-order valence-corrected chi connectivity index (χ1v) is 4.72. The SMILES string of the molecule is CC(C)C(C)NC(=O)OC(C)(C)C. The van der Waals surface area contributed by atoms with Crippen molar-refractivity contribution in [1.82, 2.24) is 5.32 Å². The number of hydrogen-bond donors (Lipinski definition) is 1. The van der Waals surface area contributed by atoms with Crippen LogP contribution in [-0.2, 0) is 4.74 Å². The van der Waals surface area contributed by atoms with Crippen molar-refractivity contribution in [2.45, 2.75) is 53.2 Å². The Balaban J connectivity index is 3.89. The van der Waals surface area contributed by atoms with Crippen LogP contribution in [0.25, 0.3) is 0 Å².